The predicted octanol–water partition coefficient (Wildman–Crippen LogP) is 2.95. The lowest BCUT2D eigenvalue weighted by molar-refractivity contribution is 0.0668. The molecule has 1 aromatic rings. The Balaban J connectivity index is 2.00. The number of hydrogen-bond acceptors (Lipinski definition) is 2. The van der Waals surface area contributed by atoms with E-state index in [9.17, 15) is 5.11 Å². The molecule has 1 aliphatic rings. The third kappa shape index (κ3) is 3.11. The van der Waals surface area contributed by atoms with Crippen LogP contribution in [-0.2, 0) is 6.54 Å². The zero-order valence-corrected chi connectivity index (χ0v) is 10.5. The number of aliphatic hydroxyl groups excluding tert-OH is 1. The fourth-order valence-corrected chi connectivity index (χ4v) is 2.39. The number of β-amino-alcohol motifs (C(OH)–C–C–N with tert-alkyl or cyclic N) is 1. The molecule has 0 saturated carbocycles. The molecule has 1 fully saturated rings. The van der Waals surface area contributed by atoms with Gasteiger partial charge in [-0.25, -0.2) is 0 Å². The van der Waals surface area contributed by atoms with E-state index in [1.165, 1.54) is 0 Å². The minimum Gasteiger partial charge on any atom is -0.392 e. The monoisotopic (exact) mass is 259 g/mol. The van der Waals surface area contributed by atoms with Gasteiger partial charge in [-0.3, -0.25) is 4.90 Å². The summed E-state index contributed by atoms with van der Waals surface area (Å²) in [5.74, 6) is 0. The molecule has 2 rings (SSSR count). The number of benzene rings is 1. The van der Waals surface area contributed by atoms with Crippen molar-refractivity contribution in [2.24, 2.45) is 0 Å². The number of halogens is 2. The van der Waals surface area contributed by atoms with Crippen molar-refractivity contribution in [3.05, 3.63) is 33.8 Å². The minimum atomic E-state index is -0.184. The standard InChI is InChI=1S/C12H15Cl2NO/c13-11-4-3-9(6-12(11)14)7-15-5-1-2-10(16)8-15/h3-4,6,10,16H,1-2,5,7-8H2/t10-/m1/s1. The first-order chi connectivity index (χ1) is 7.65. The van der Waals surface area contributed by atoms with Crippen LogP contribution in [0.15, 0.2) is 18.2 Å². The Morgan fingerprint density at radius 2 is 2.12 bits per heavy atom. The van der Waals surface area contributed by atoms with Gasteiger partial charge >= 0.3 is 0 Å². The molecule has 1 heterocycles. The molecule has 0 radical (unpaired) electrons. The molecule has 0 amide bonds. The van der Waals surface area contributed by atoms with Gasteiger partial charge in [0.15, 0.2) is 0 Å². The van der Waals surface area contributed by atoms with Crippen LogP contribution in [-0.4, -0.2) is 29.2 Å². The van der Waals surface area contributed by atoms with Crippen LogP contribution in [0.3, 0.4) is 0 Å². The molecule has 0 aliphatic carbocycles. The lowest BCUT2D eigenvalue weighted by Crippen LogP contribution is -2.37. The normalized spacial score (nSPS) is 22.3. The van der Waals surface area contributed by atoms with Gasteiger partial charge in [0.25, 0.3) is 0 Å². The van der Waals surface area contributed by atoms with Crippen molar-refractivity contribution in [2.75, 3.05) is 13.1 Å². The van der Waals surface area contributed by atoms with E-state index in [0.717, 1.165) is 38.0 Å². The molecule has 88 valence electrons. The molecule has 4 heteroatoms. The van der Waals surface area contributed by atoms with E-state index in [4.69, 9.17) is 23.2 Å². The third-order valence-electron chi connectivity index (χ3n) is 2.87. The second kappa shape index (κ2) is 5.37. The van der Waals surface area contributed by atoms with Crippen LogP contribution >= 0.6 is 23.2 Å². The Kier molecular flexibility index (Phi) is 4.09. The highest BCUT2D eigenvalue weighted by Gasteiger charge is 2.17. The summed E-state index contributed by atoms with van der Waals surface area (Å²) in [5.41, 5.74) is 1.14. The molecule has 1 aliphatic heterocycles. The van der Waals surface area contributed by atoms with E-state index in [0.29, 0.717) is 10.0 Å². The largest absolute Gasteiger partial charge is 0.392 e. The lowest BCUT2D eigenvalue weighted by atomic mass is 10.1. The number of hydrogen-bond donors (Lipinski definition) is 1. The minimum absolute atomic E-state index is 0.184. The van der Waals surface area contributed by atoms with Crippen molar-refractivity contribution in [2.45, 2.75) is 25.5 Å². The molecule has 0 unspecified atom stereocenters. The summed E-state index contributed by atoms with van der Waals surface area (Å²) < 4.78 is 0. The smallest absolute Gasteiger partial charge is 0.0667 e. The average molecular weight is 260 g/mol. The van der Waals surface area contributed by atoms with E-state index < -0.39 is 0 Å². The molecular weight excluding hydrogens is 245 g/mol. The molecular formula is C12H15Cl2NO. The Labute approximate surface area is 106 Å². The zero-order chi connectivity index (χ0) is 11.5. The first-order valence-electron chi connectivity index (χ1n) is 5.49. The molecule has 0 bridgehead atoms. The van der Waals surface area contributed by atoms with Gasteiger partial charge in [0.2, 0.25) is 0 Å². The summed E-state index contributed by atoms with van der Waals surface area (Å²) in [5, 5.41) is 10.7. The van der Waals surface area contributed by atoms with Crippen LogP contribution in [0, 0.1) is 0 Å². The quantitative estimate of drug-likeness (QED) is 0.883. The SMILES string of the molecule is O[C@@H]1CCCN(Cc2ccc(Cl)c(Cl)c2)C1. The summed E-state index contributed by atoms with van der Waals surface area (Å²) in [6, 6.07) is 5.69. The molecule has 1 aromatic carbocycles. The van der Waals surface area contributed by atoms with Gasteiger partial charge in [-0.1, -0.05) is 29.3 Å². The van der Waals surface area contributed by atoms with Gasteiger partial charge in [0.1, 0.15) is 0 Å². The van der Waals surface area contributed by atoms with E-state index in [-0.39, 0.29) is 6.10 Å². The maximum absolute atomic E-state index is 9.57. The number of nitrogens with zero attached hydrogens (tertiary/aromatic N) is 1. The van der Waals surface area contributed by atoms with Crippen molar-refractivity contribution >= 4 is 23.2 Å². The number of piperidine rings is 1. The summed E-state index contributed by atoms with van der Waals surface area (Å²) in [7, 11) is 0. The molecule has 0 spiro atoms. The maximum Gasteiger partial charge on any atom is 0.0667 e. The average Bonchev–Trinajstić information content (AvgIpc) is 2.24. The highest BCUT2D eigenvalue weighted by Crippen LogP contribution is 2.23. The van der Waals surface area contributed by atoms with Crippen LogP contribution in [0.1, 0.15) is 18.4 Å². The third-order valence-corrected chi connectivity index (χ3v) is 3.61. The van der Waals surface area contributed by atoms with Gasteiger partial charge in [-0.15, -0.1) is 0 Å². The molecule has 1 saturated heterocycles. The topological polar surface area (TPSA) is 23.5 Å². The molecule has 16 heavy (non-hydrogen) atoms. The van der Waals surface area contributed by atoms with E-state index >= 15 is 0 Å². The van der Waals surface area contributed by atoms with Crippen molar-refractivity contribution in [1.29, 1.82) is 0 Å². The Morgan fingerprint density at radius 1 is 1.31 bits per heavy atom. The number of likely N-dealkylation sites (tertiary alicyclic amines) is 1. The van der Waals surface area contributed by atoms with Crippen molar-refractivity contribution in [1.82, 2.24) is 4.90 Å². The van der Waals surface area contributed by atoms with Crippen LogP contribution in [0.4, 0.5) is 0 Å². The molecule has 2 nitrogen and oxygen atoms in total. The van der Waals surface area contributed by atoms with Crippen LogP contribution < -0.4 is 0 Å². The van der Waals surface area contributed by atoms with Crippen molar-refractivity contribution in [3.8, 4) is 0 Å². The van der Waals surface area contributed by atoms with Gasteiger partial charge in [-0.05, 0) is 37.1 Å². The number of aliphatic hydroxyl groups is 1. The summed E-state index contributed by atoms with van der Waals surface area (Å²) in [4.78, 5) is 2.24. The molecule has 0 aromatic heterocycles. The first-order valence-corrected chi connectivity index (χ1v) is 6.25. The maximum atomic E-state index is 9.57. The fraction of sp³-hybridized carbons (Fsp3) is 0.500. The van der Waals surface area contributed by atoms with Gasteiger partial charge in [0, 0.05) is 13.1 Å². The van der Waals surface area contributed by atoms with Crippen molar-refractivity contribution in [3.63, 3.8) is 0 Å². The van der Waals surface area contributed by atoms with E-state index in [1.54, 1.807) is 0 Å². The predicted molar refractivity (Wildman–Crippen MR) is 67.0 cm³/mol. The Morgan fingerprint density at radius 3 is 2.81 bits per heavy atom. The van der Waals surface area contributed by atoms with Crippen LogP contribution in [0.25, 0.3) is 0 Å². The summed E-state index contributed by atoms with van der Waals surface area (Å²) in [6.45, 7) is 2.62. The lowest BCUT2D eigenvalue weighted by Gasteiger charge is -2.30. The van der Waals surface area contributed by atoms with Crippen LogP contribution in [0.2, 0.25) is 10.0 Å². The van der Waals surface area contributed by atoms with E-state index in [1.807, 2.05) is 18.2 Å². The second-order valence-corrected chi connectivity index (χ2v) is 5.09. The highest BCUT2D eigenvalue weighted by atomic mass is 35.5. The summed E-state index contributed by atoms with van der Waals surface area (Å²) >= 11 is 11.8. The zero-order valence-electron chi connectivity index (χ0n) is 9.00. The molecule has 1 atom stereocenters. The van der Waals surface area contributed by atoms with Gasteiger partial charge in [0.05, 0.1) is 16.1 Å². The van der Waals surface area contributed by atoms with Gasteiger partial charge < -0.3 is 5.11 Å². The van der Waals surface area contributed by atoms with Crippen molar-refractivity contribution < 1.29 is 5.11 Å². The number of rotatable bonds is 2. The van der Waals surface area contributed by atoms with Crippen LogP contribution in [0.5, 0.6) is 0 Å². The Bertz CT molecular complexity index is 370. The molecule has 1 N–H and O–H groups in total. The van der Waals surface area contributed by atoms with Gasteiger partial charge in [-0.2, -0.15) is 0 Å². The Hall–Kier alpha value is -0.280. The fourth-order valence-electron chi connectivity index (χ4n) is 2.07. The summed E-state index contributed by atoms with van der Waals surface area (Å²) in [6.07, 6.45) is 1.79. The highest BCUT2D eigenvalue weighted by molar-refractivity contribution is 6.42. The second-order valence-electron chi connectivity index (χ2n) is 4.28. The first kappa shape index (κ1) is 12.2. The van der Waals surface area contributed by atoms with E-state index in [2.05, 4.69) is 4.90 Å².